The summed E-state index contributed by atoms with van der Waals surface area (Å²) in [4.78, 5) is 33.6. The summed E-state index contributed by atoms with van der Waals surface area (Å²) in [5, 5.41) is 2.86. The third-order valence-corrected chi connectivity index (χ3v) is 3.52. The number of carbonyl (C=O) groups is 2. The molecule has 1 fully saturated rings. The molecule has 2 heterocycles. The summed E-state index contributed by atoms with van der Waals surface area (Å²) in [5.41, 5.74) is -0.197. The molecule has 1 aliphatic rings. The lowest BCUT2D eigenvalue weighted by atomic mass is 9.98. The SMILES string of the molecule is CC(C)(C)OC(=O)N1CCC[C@H](CNC(=O)c2cnccn2)C1. The summed E-state index contributed by atoms with van der Waals surface area (Å²) in [6.45, 7) is 7.36. The molecule has 1 aromatic heterocycles. The van der Waals surface area contributed by atoms with Gasteiger partial charge in [0.05, 0.1) is 6.20 Å². The van der Waals surface area contributed by atoms with Crippen LogP contribution in [0.1, 0.15) is 44.1 Å². The van der Waals surface area contributed by atoms with E-state index < -0.39 is 5.60 Å². The molecule has 1 saturated heterocycles. The van der Waals surface area contributed by atoms with Gasteiger partial charge in [-0.3, -0.25) is 9.78 Å². The largest absolute Gasteiger partial charge is 0.444 e. The molecule has 0 spiro atoms. The summed E-state index contributed by atoms with van der Waals surface area (Å²) < 4.78 is 5.40. The van der Waals surface area contributed by atoms with E-state index in [1.165, 1.54) is 18.6 Å². The highest BCUT2D eigenvalue weighted by molar-refractivity contribution is 5.91. The molecule has 0 radical (unpaired) electrons. The lowest BCUT2D eigenvalue weighted by molar-refractivity contribution is 0.0167. The van der Waals surface area contributed by atoms with Gasteiger partial charge in [0.1, 0.15) is 11.3 Å². The number of aromatic nitrogens is 2. The molecule has 1 N–H and O–H groups in total. The first-order valence-corrected chi connectivity index (χ1v) is 7.87. The van der Waals surface area contributed by atoms with Crippen LogP contribution >= 0.6 is 0 Å². The highest BCUT2D eigenvalue weighted by atomic mass is 16.6. The van der Waals surface area contributed by atoms with E-state index >= 15 is 0 Å². The smallest absolute Gasteiger partial charge is 0.410 e. The van der Waals surface area contributed by atoms with E-state index in [1.54, 1.807) is 4.90 Å². The van der Waals surface area contributed by atoms with Crippen LogP contribution in [0.15, 0.2) is 18.6 Å². The molecule has 2 rings (SSSR count). The molecule has 7 heteroatoms. The van der Waals surface area contributed by atoms with Crippen LogP contribution < -0.4 is 5.32 Å². The number of amides is 2. The molecule has 0 saturated carbocycles. The van der Waals surface area contributed by atoms with E-state index in [0.29, 0.717) is 25.3 Å². The highest BCUT2D eigenvalue weighted by Crippen LogP contribution is 2.18. The molecule has 1 aromatic rings. The number of likely N-dealkylation sites (tertiary alicyclic amines) is 1. The molecule has 0 aromatic carbocycles. The van der Waals surface area contributed by atoms with Crippen molar-refractivity contribution in [3.63, 3.8) is 0 Å². The first-order chi connectivity index (χ1) is 10.8. The molecular weight excluding hydrogens is 296 g/mol. The normalized spacial score (nSPS) is 18.4. The van der Waals surface area contributed by atoms with Crippen LogP contribution in [0.5, 0.6) is 0 Å². The Hall–Kier alpha value is -2.18. The molecule has 0 aliphatic carbocycles. The van der Waals surface area contributed by atoms with Gasteiger partial charge in [-0.25, -0.2) is 9.78 Å². The van der Waals surface area contributed by atoms with Crippen LogP contribution in [0.3, 0.4) is 0 Å². The first kappa shape index (κ1) is 17.2. The van der Waals surface area contributed by atoms with E-state index in [0.717, 1.165) is 12.8 Å². The van der Waals surface area contributed by atoms with E-state index in [1.807, 2.05) is 20.8 Å². The minimum absolute atomic E-state index is 0.219. The zero-order valence-electron chi connectivity index (χ0n) is 13.9. The van der Waals surface area contributed by atoms with Crippen LogP contribution in [0.2, 0.25) is 0 Å². The number of piperidine rings is 1. The second-order valence-corrected chi connectivity index (χ2v) is 6.74. The standard InChI is InChI=1S/C16H24N4O3/c1-16(2,3)23-15(22)20-8-4-5-12(11-20)9-19-14(21)13-10-17-6-7-18-13/h6-7,10,12H,4-5,8-9,11H2,1-3H3,(H,19,21)/t12-/m1/s1. The average molecular weight is 320 g/mol. The third kappa shape index (κ3) is 5.50. The monoisotopic (exact) mass is 320 g/mol. The van der Waals surface area contributed by atoms with Crippen molar-refractivity contribution < 1.29 is 14.3 Å². The Balaban J connectivity index is 1.82. The molecule has 1 aliphatic heterocycles. The summed E-state index contributed by atoms with van der Waals surface area (Å²) in [7, 11) is 0. The van der Waals surface area contributed by atoms with Crippen molar-refractivity contribution in [1.82, 2.24) is 20.2 Å². The molecular formula is C16H24N4O3. The van der Waals surface area contributed by atoms with Crippen LogP contribution in [-0.4, -0.2) is 52.1 Å². The van der Waals surface area contributed by atoms with Gasteiger partial charge in [-0.2, -0.15) is 0 Å². The van der Waals surface area contributed by atoms with Crippen LogP contribution in [0.25, 0.3) is 0 Å². The summed E-state index contributed by atoms with van der Waals surface area (Å²) in [6.07, 6.45) is 6.03. The predicted molar refractivity (Wildman–Crippen MR) is 84.9 cm³/mol. The van der Waals surface area contributed by atoms with E-state index in [9.17, 15) is 9.59 Å². The Morgan fingerprint density at radius 3 is 2.83 bits per heavy atom. The zero-order valence-corrected chi connectivity index (χ0v) is 13.9. The van der Waals surface area contributed by atoms with Gasteiger partial charge in [0.15, 0.2) is 0 Å². The number of hydrogen-bond acceptors (Lipinski definition) is 5. The predicted octanol–water partition coefficient (Wildman–Crippen LogP) is 1.85. The van der Waals surface area contributed by atoms with Crippen molar-refractivity contribution >= 4 is 12.0 Å². The molecule has 7 nitrogen and oxygen atoms in total. The van der Waals surface area contributed by atoms with E-state index in [-0.39, 0.29) is 17.9 Å². The molecule has 23 heavy (non-hydrogen) atoms. The van der Waals surface area contributed by atoms with Crippen LogP contribution in [-0.2, 0) is 4.74 Å². The number of rotatable bonds is 3. The minimum atomic E-state index is -0.496. The molecule has 0 bridgehead atoms. The van der Waals surface area contributed by atoms with Gasteiger partial charge < -0.3 is 15.0 Å². The minimum Gasteiger partial charge on any atom is -0.444 e. The fourth-order valence-corrected chi connectivity index (χ4v) is 2.47. The topological polar surface area (TPSA) is 84.4 Å². The van der Waals surface area contributed by atoms with Gasteiger partial charge in [0, 0.05) is 32.0 Å². The number of ether oxygens (including phenoxy) is 1. The highest BCUT2D eigenvalue weighted by Gasteiger charge is 2.27. The molecule has 1 atom stereocenters. The first-order valence-electron chi connectivity index (χ1n) is 7.87. The maximum atomic E-state index is 12.1. The lowest BCUT2D eigenvalue weighted by Gasteiger charge is -2.34. The Morgan fingerprint density at radius 1 is 1.39 bits per heavy atom. The average Bonchev–Trinajstić information content (AvgIpc) is 2.52. The van der Waals surface area contributed by atoms with Gasteiger partial charge in [-0.15, -0.1) is 0 Å². The second kappa shape index (κ2) is 7.39. The van der Waals surface area contributed by atoms with Gasteiger partial charge >= 0.3 is 6.09 Å². The number of nitrogens with zero attached hydrogens (tertiary/aromatic N) is 3. The van der Waals surface area contributed by atoms with Crippen molar-refractivity contribution in [2.75, 3.05) is 19.6 Å². The maximum absolute atomic E-state index is 12.1. The summed E-state index contributed by atoms with van der Waals surface area (Å²) in [6, 6.07) is 0. The summed E-state index contributed by atoms with van der Waals surface area (Å²) >= 11 is 0. The number of nitrogens with one attached hydrogen (secondary N) is 1. The molecule has 126 valence electrons. The Bertz CT molecular complexity index is 542. The van der Waals surface area contributed by atoms with Gasteiger partial charge in [0.2, 0.25) is 0 Å². The fourth-order valence-electron chi connectivity index (χ4n) is 2.47. The second-order valence-electron chi connectivity index (χ2n) is 6.74. The van der Waals surface area contributed by atoms with Crippen LogP contribution in [0.4, 0.5) is 4.79 Å². The van der Waals surface area contributed by atoms with Crippen molar-refractivity contribution in [3.05, 3.63) is 24.3 Å². The quantitative estimate of drug-likeness (QED) is 0.919. The zero-order chi connectivity index (χ0) is 16.9. The van der Waals surface area contributed by atoms with Crippen molar-refractivity contribution in [1.29, 1.82) is 0 Å². The number of hydrogen-bond donors (Lipinski definition) is 1. The third-order valence-electron chi connectivity index (χ3n) is 3.52. The molecule has 2 amide bonds. The van der Waals surface area contributed by atoms with Crippen molar-refractivity contribution in [2.24, 2.45) is 5.92 Å². The van der Waals surface area contributed by atoms with Gasteiger partial charge in [-0.1, -0.05) is 0 Å². The molecule has 0 unspecified atom stereocenters. The van der Waals surface area contributed by atoms with E-state index in [2.05, 4.69) is 15.3 Å². The Kier molecular flexibility index (Phi) is 5.52. The summed E-state index contributed by atoms with van der Waals surface area (Å²) in [5.74, 6) is -0.0237. The van der Waals surface area contributed by atoms with E-state index in [4.69, 9.17) is 4.74 Å². The van der Waals surface area contributed by atoms with Gasteiger partial charge in [-0.05, 0) is 39.5 Å². The Morgan fingerprint density at radius 2 is 2.17 bits per heavy atom. The maximum Gasteiger partial charge on any atom is 0.410 e. The van der Waals surface area contributed by atoms with Gasteiger partial charge in [0.25, 0.3) is 5.91 Å². The fraction of sp³-hybridized carbons (Fsp3) is 0.625. The van der Waals surface area contributed by atoms with Crippen LogP contribution in [0, 0.1) is 5.92 Å². The lowest BCUT2D eigenvalue weighted by Crippen LogP contribution is -2.45. The van der Waals surface area contributed by atoms with Crippen molar-refractivity contribution in [3.8, 4) is 0 Å². The Labute approximate surface area is 136 Å². The number of carbonyl (C=O) groups excluding carboxylic acids is 2. The van der Waals surface area contributed by atoms with Crippen molar-refractivity contribution in [2.45, 2.75) is 39.2 Å².